The van der Waals surface area contributed by atoms with Gasteiger partial charge in [-0.05, 0) is 31.2 Å². The molecule has 4 nitrogen and oxygen atoms in total. The first-order valence-electron chi connectivity index (χ1n) is 4.81. The van der Waals surface area contributed by atoms with E-state index in [-0.39, 0.29) is 5.56 Å². The lowest BCUT2D eigenvalue weighted by atomic mass is 10.3. The monoisotopic (exact) mass is 204 g/mol. The predicted octanol–water partition coefficient (Wildman–Crippen LogP) is 1.56. The number of benzene rings is 1. The van der Waals surface area contributed by atoms with Crippen molar-refractivity contribution in [2.24, 2.45) is 0 Å². The average molecular weight is 204 g/mol. The Bertz CT molecular complexity index is 482. The molecule has 78 valence electrons. The van der Waals surface area contributed by atoms with Gasteiger partial charge < -0.3 is 4.74 Å². The number of hydrogen-bond donors (Lipinski definition) is 1. The molecule has 0 amide bonds. The summed E-state index contributed by atoms with van der Waals surface area (Å²) in [5.41, 5.74) is 0.729. The minimum absolute atomic E-state index is 0.0702. The predicted molar refractivity (Wildman–Crippen MR) is 57.6 cm³/mol. The summed E-state index contributed by atoms with van der Waals surface area (Å²) in [6, 6.07) is 8.83. The molecular weight excluding hydrogens is 192 g/mol. The SMILES string of the molecule is CCOc1ccc(-n2[nH]ccc2=O)cc1. The molecular formula is C11H12N2O2. The van der Waals surface area contributed by atoms with Crippen molar-refractivity contribution in [1.82, 2.24) is 9.78 Å². The van der Waals surface area contributed by atoms with Gasteiger partial charge in [0.05, 0.1) is 12.3 Å². The van der Waals surface area contributed by atoms with Crippen molar-refractivity contribution in [3.05, 3.63) is 46.9 Å². The average Bonchev–Trinajstić information content (AvgIpc) is 2.66. The molecule has 0 atom stereocenters. The van der Waals surface area contributed by atoms with E-state index in [4.69, 9.17) is 4.74 Å². The topological polar surface area (TPSA) is 47.0 Å². The Hall–Kier alpha value is -1.97. The molecule has 0 spiro atoms. The van der Waals surface area contributed by atoms with E-state index < -0.39 is 0 Å². The fourth-order valence-corrected chi connectivity index (χ4v) is 1.38. The molecule has 0 saturated carbocycles. The third kappa shape index (κ3) is 1.93. The molecule has 2 aromatic rings. The zero-order valence-corrected chi connectivity index (χ0v) is 8.43. The molecule has 0 saturated heterocycles. The Kier molecular flexibility index (Phi) is 2.58. The molecule has 0 radical (unpaired) electrons. The van der Waals surface area contributed by atoms with E-state index in [1.165, 1.54) is 10.7 Å². The molecule has 2 rings (SSSR count). The molecule has 0 fully saturated rings. The molecule has 1 aromatic heterocycles. The Morgan fingerprint density at radius 1 is 1.27 bits per heavy atom. The van der Waals surface area contributed by atoms with E-state index in [2.05, 4.69) is 5.10 Å². The van der Waals surface area contributed by atoms with Gasteiger partial charge in [0.2, 0.25) is 0 Å². The van der Waals surface area contributed by atoms with E-state index >= 15 is 0 Å². The van der Waals surface area contributed by atoms with Crippen molar-refractivity contribution in [2.45, 2.75) is 6.92 Å². The van der Waals surface area contributed by atoms with E-state index in [1.54, 1.807) is 6.20 Å². The van der Waals surface area contributed by atoms with Gasteiger partial charge in [0.15, 0.2) is 0 Å². The molecule has 1 aromatic carbocycles. The van der Waals surface area contributed by atoms with Crippen molar-refractivity contribution in [2.75, 3.05) is 6.61 Å². The molecule has 0 aliphatic carbocycles. The van der Waals surface area contributed by atoms with Gasteiger partial charge in [-0.3, -0.25) is 9.89 Å². The van der Waals surface area contributed by atoms with Crippen LogP contribution in [-0.2, 0) is 0 Å². The normalized spacial score (nSPS) is 10.2. The fourth-order valence-electron chi connectivity index (χ4n) is 1.38. The Morgan fingerprint density at radius 2 is 2.00 bits per heavy atom. The summed E-state index contributed by atoms with van der Waals surface area (Å²) in [5, 5.41) is 2.84. The smallest absolute Gasteiger partial charge is 0.271 e. The van der Waals surface area contributed by atoms with Crippen LogP contribution in [0, 0.1) is 0 Å². The van der Waals surface area contributed by atoms with Crippen molar-refractivity contribution in [3.63, 3.8) is 0 Å². The minimum atomic E-state index is -0.0702. The molecule has 1 N–H and O–H groups in total. The number of hydrogen-bond acceptors (Lipinski definition) is 2. The van der Waals surface area contributed by atoms with Crippen LogP contribution in [0.4, 0.5) is 0 Å². The molecule has 0 unspecified atom stereocenters. The maximum Gasteiger partial charge on any atom is 0.271 e. The summed E-state index contributed by atoms with van der Waals surface area (Å²) < 4.78 is 6.78. The molecule has 0 aliphatic heterocycles. The van der Waals surface area contributed by atoms with Crippen LogP contribution in [0.15, 0.2) is 41.3 Å². The zero-order chi connectivity index (χ0) is 10.7. The van der Waals surface area contributed by atoms with Crippen LogP contribution in [0.2, 0.25) is 0 Å². The van der Waals surface area contributed by atoms with Crippen LogP contribution < -0.4 is 10.3 Å². The first-order chi connectivity index (χ1) is 7.31. The van der Waals surface area contributed by atoms with E-state index in [0.717, 1.165) is 11.4 Å². The number of nitrogens with one attached hydrogen (secondary N) is 1. The van der Waals surface area contributed by atoms with Gasteiger partial charge in [-0.15, -0.1) is 0 Å². The fraction of sp³-hybridized carbons (Fsp3) is 0.182. The van der Waals surface area contributed by atoms with Gasteiger partial charge in [-0.2, -0.15) is 0 Å². The highest BCUT2D eigenvalue weighted by molar-refractivity contribution is 5.36. The molecule has 1 heterocycles. The van der Waals surface area contributed by atoms with Crippen LogP contribution in [0.3, 0.4) is 0 Å². The second kappa shape index (κ2) is 4.04. The Morgan fingerprint density at radius 3 is 2.53 bits per heavy atom. The maximum absolute atomic E-state index is 11.3. The molecule has 4 heteroatoms. The summed E-state index contributed by atoms with van der Waals surface area (Å²) in [4.78, 5) is 11.3. The number of aromatic nitrogens is 2. The second-order valence-electron chi connectivity index (χ2n) is 3.06. The van der Waals surface area contributed by atoms with Gasteiger partial charge in [0.25, 0.3) is 5.56 Å². The molecule has 0 bridgehead atoms. The van der Waals surface area contributed by atoms with Crippen LogP contribution >= 0.6 is 0 Å². The van der Waals surface area contributed by atoms with Gasteiger partial charge in [-0.1, -0.05) is 0 Å². The summed E-state index contributed by atoms with van der Waals surface area (Å²) in [5.74, 6) is 0.806. The van der Waals surface area contributed by atoms with Crippen molar-refractivity contribution >= 4 is 0 Å². The number of rotatable bonds is 3. The highest BCUT2D eigenvalue weighted by Gasteiger charge is 1.99. The first-order valence-corrected chi connectivity index (χ1v) is 4.81. The third-order valence-corrected chi connectivity index (χ3v) is 2.06. The number of H-pyrrole nitrogens is 1. The lowest BCUT2D eigenvalue weighted by molar-refractivity contribution is 0.340. The standard InChI is InChI=1S/C11H12N2O2/c1-2-15-10-5-3-9(4-6-10)13-11(14)7-8-12-13/h3-8,12H,2H2,1H3. The van der Waals surface area contributed by atoms with E-state index in [0.29, 0.717) is 6.61 Å². The second-order valence-corrected chi connectivity index (χ2v) is 3.06. The number of nitrogens with zero attached hydrogens (tertiary/aromatic N) is 1. The van der Waals surface area contributed by atoms with Crippen molar-refractivity contribution in [3.8, 4) is 11.4 Å². The van der Waals surface area contributed by atoms with Gasteiger partial charge in [-0.25, -0.2) is 4.68 Å². The Labute approximate surface area is 87.1 Å². The highest BCUT2D eigenvalue weighted by Crippen LogP contribution is 2.13. The molecule has 0 aliphatic rings. The van der Waals surface area contributed by atoms with E-state index in [9.17, 15) is 4.79 Å². The van der Waals surface area contributed by atoms with Gasteiger partial charge in [0, 0.05) is 12.3 Å². The highest BCUT2D eigenvalue weighted by atomic mass is 16.5. The number of ether oxygens (including phenoxy) is 1. The van der Waals surface area contributed by atoms with Crippen LogP contribution in [0.25, 0.3) is 5.69 Å². The lowest BCUT2D eigenvalue weighted by Gasteiger charge is -2.04. The van der Waals surface area contributed by atoms with Crippen LogP contribution in [0.1, 0.15) is 6.92 Å². The summed E-state index contributed by atoms with van der Waals surface area (Å²) in [6.07, 6.45) is 1.61. The van der Waals surface area contributed by atoms with Crippen LogP contribution in [-0.4, -0.2) is 16.4 Å². The zero-order valence-electron chi connectivity index (χ0n) is 8.43. The minimum Gasteiger partial charge on any atom is -0.494 e. The van der Waals surface area contributed by atoms with E-state index in [1.807, 2.05) is 31.2 Å². The number of aromatic amines is 1. The summed E-state index contributed by atoms with van der Waals surface area (Å²) >= 11 is 0. The first kappa shape index (κ1) is 9.58. The largest absolute Gasteiger partial charge is 0.494 e. The molecule has 15 heavy (non-hydrogen) atoms. The van der Waals surface area contributed by atoms with Gasteiger partial charge in [0.1, 0.15) is 5.75 Å². The van der Waals surface area contributed by atoms with Crippen molar-refractivity contribution in [1.29, 1.82) is 0 Å². The lowest BCUT2D eigenvalue weighted by Crippen LogP contribution is -2.13. The van der Waals surface area contributed by atoms with Crippen molar-refractivity contribution < 1.29 is 4.74 Å². The summed E-state index contributed by atoms with van der Waals surface area (Å²) in [7, 11) is 0. The quantitative estimate of drug-likeness (QED) is 0.824. The third-order valence-electron chi connectivity index (χ3n) is 2.06. The van der Waals surface area contributed by atoms with Gasteiger partial charge >= 0.3 is 0 Å². The Balaban J connectivity index is 2.32. The maximum atomic E-state index is 11.3. The summed E-state index contributed by atoms with van der Waals surface area (Å²) in [6.45, 7) is 2.57. The van der Waals surface area contributed by atoms with Crippen LogP contribution in [0.5, 0.6) is 5.75 Å².